The molecule has 0 bridgehead atoms. The Balaban J connectivity index is 2.79. The van der Waals surface area contributed by atoms with Crippen molar-refractivity contribution in [3.05, 3.63) is 35.7 Å². The second-order valence-corrected chi connectivity index (χ2v) is 4.01. The van der Waals surface area contributed by atoms with E-state index in [2.05, 4.69) is 0 Å². The highest BCUT2D eigenvalue weighted by Crippen LogP contribution is 2.18. The number of hydrogen-bond acceptors (Lipinski definition) is 3. The smallest absolute Gasteiger partial charge is 0.328 e. The first-order valence-corrected chi connectivity index (χ1v) is 5.52. The van der Waals surface area contributed by atoms with Gasteiger partial charge in [0.1, 0.15) is 11.6 Å². The van der Waals surface area contributed by atoms with Crippen LogP contribution >= 0.6 is 0 Å². The maximum Gasteiger partial charge on any atom is 0.328 e. The Hall–Kier alpha value is -2.37. The van der Waals surface area contributed by atoms with E-state index in [1.165, 1.54) is 18.2 Å². The van der Waals surface area contributed by atoms with Crippen LogP contribution in [-0.2, 0) is 9.59 Å². The summed E-state index contributed by atoms with van der Waals surface area (Å²) in [7, 11) is 0. The quantitative estimate of drug-likeness (QED) is 0.763. The van der Waals surface area contributed by atoms with Gasteiger partial charge in [0.2, 0.25) is 5.91 Å². The van der Waals surface area contributed by atoms with Crippen LogP contribution in [0, 0.1) is 11.7 Å². The summed E-state index contributed by atoms with van der Waals surface area (Å²) in [6.07, 6.45) is 2.14. The summed E-state index contributed by atoms with van der Waals surface area (Å²) in [4.78, 5) is 21.2. The third kappa shape index (κ3) is 5.20. The molecular weight excluding hydrogens is 253 g/mol. The van der Waals surface area contributed by atoms with Gasteiger partial charge in [-0.25, -0.2) is 9.18 Å². The zero-order valence-corrected chi connectivity index (χ0v) is 10.3. The lowest BCUT2D eigenvalue weighted by Gasteiger charge is -2.10. The number of ether oxygens (including phenoxy) is 1. The number of benzene rings is 1. The molecule has 19 heavy (non-hydrogen) atoms. The molecule has 1 atom stereocenters. The molecule has 1 unspecified atom stereocenters. The molecular formula is C13H14FNO4. The number of carboxylic acid groups (broad SMARTS) is 1. The average Bonchev–Trinajstić information content (AvgIpc) is 2.32. The van der Waals surface area contributed by atoms with Crippen molar-refractivity contribution in [1.82, 2.24) is 0 Å². The van der Waals surface area contributed by atoms with Gasteiger partial charge in [-0.05, 0) is 23.8 Å². The number of halogens is 1. The SMILES string of the molecule is CC(COc1cc(F)cc(/C=C/C(=O)O)c1)C(N)=O. The van der Waals surface area contributed by atoms with E-state index in [0.717, 1.165) is 12.1 Å². The molecule has 102 valence electrons. The minimum absolute atomic E-state index is 0.0286. The van der Waals surface area contributed by atoms with Gasteiger partial charge in [0.15, 0.2) is 0 Å². The van der Waals surface area contributed by atoms with E-state index in [1.807, 2.05) is 0 Å². The fourth-order valence-corrected chi connectivity index (χ4v) is 1.23. The van der Waals surface area contributed by atoms with Crippen LogP contribution in [0.4, 0.5) is 4.39 Å². The first-order valence-electron chi connectivity index (χ1n) is 5.52. The molecule has 1 amide bonds. The maximum atomic E-state index is 13.3. The van der Waals surface area contributed by atoms with Crippen LogP contribution in [0.5, 0.6) is 5.75 Å². The van der Waals surface area contributed by atoms with Crippen LogP contribution in [0.2, 0.25) is 0 Å². The number of primary amides is 1. The van der Waals surface area contributed by atoms with Crippen molar-refractivity contribution in [3.8, 4) is 5.75 Å². The standard InChI is InChI=1S/C13H14FNO4/c1-8(13(15)18)7-19-11-5-9(2-3-12(16)17)4-10(14)6-11/h2-6,8H,7H2,1H3,(H2,15,18)(H,16,17)/b3-2+. The number of nitrogens with two attached hydrogens (primary N) is 1. The lowest BCUT2D eigenvalue weighted by molar-refractivity contribution is -0.131. The highest BCUT2D eigenvalue weighted by atomic mass is 19.1. The van der Waals surface area contributed by atoms with E-state index in [1.54, 1.807) is 6.92 Å². The zero-order chi connectivity index (χ0) is 14.4. The molecule has 1 rings (SSSR count). The van der Waals surface area contributed by atoms with E-state index < -0.39 is 23.6 Å². The van der Waals surface area contributed by atoms with Gasteiger partial charge in [0, 0.05) is 12.1 Å². The van der Waals surface area contributed by atoms with Gasteiger partial charge in [-0.3, -0.25) is 4.79 Å². The Kier molecular flexibility index (Phi) is 5.05. The fraction of sp³-hybridized carbons (Fsp3) is 0.231. The minimum atomic E-state index is -1.13. The summed E-state index contributed by atoms with van der Waals surface area (Å²) in [6, 6.07) is 3.78. The number of carbonyl (C=O) groups excluding carboxylic acids is 1. The molecule has 0 fully saturated rings. The summed E-state index contributed by atoms with van der Waals surface area (Å²) in [5.74, 6) is -2.50. The molecule has 1 aromatic rings. The van der Waals surface area contributed by atoms with Crippen molar-refractivity contribution >= 4 is 18.0 Å². The van der Waals surface area contributed by atoms with Crippen LogP contribution in [0.3, 0.4) is 0 Å². The molecule has 0 aliphatic rings. The largest absolute Gasteiger partial charge is 0.493 e. The normalized spacial score (nSPS) is 12.3. The number of carbonyl (C=O) groups is 2. The van der Waals surface area contributed by atoms with Crippen LogP contribution < -0.4 is 10.5 Å². The lowest BCUT2D eigenvalue weighted by atomic mass is 10.2. The molecule has 1 aromatic carbocycles. The van der Waals surface area contributed by atoms with Crippen molar-refractivity contribution in [2.45, 2.75) is 6.92 Å². The summed E-state index contributed by atoms with van der Waals surface area (Å²) >= 11 is 0. The number of rotatable bonds is 6. The van der Waals surface area contributed by atoms with E-state index in [4.69, 9.17) is 15.6 Å². The van der Waals surface area contributed by atoms with E-state index >= 15 is 0 Å². The molecule has 0 aliphatic heterocycles. The second-order valence-electron chi connectivity index (χ2n) is 4.01. The Morgan fingerprint density at radius 1 is 1.47 bits per heavy atom. The average molecular weight is 267 g/mol. The van der Waals surface area contributed by atoms with Gasteiger partial charge in [-0.2, -0.15) is 0 Å². The van der Waals surface area contributed by atoms with Crippen molar-refractivity contribution in [3.63, 3.8) is 0 Å². The lowest BCUT2D eigenvalue weighted by Crippen LogP contribution is -2.25. The molecule has 0 aromatic heterocycles. The predicted octanol–water partition coefficient (Wildman–Crippen LogP) is 1.42. The van der Waals surface area contributed by atoms with Crippen molar-refractivity contribution < 1.29 is 23.8 Å². The summed E-state index contributed by atoms with van der Waals surface area (Å²) in [5.41, 5.74) is 5.42. The van der Waals surface area contributed by atoms with Crippen LogP contribution in [0.25, 0.3) is 6.08 Å². The van der Waals surface area contributed by atoms with Crippen LogP contribution in [-0.4, -0.2) is 23.6 Å². The molecule has 0 radical (unpaired) electrons. The van der Waals surface area contributed by atoms with Crippen molar-refractivity contribution in [2.75, 3.05) is 6.61 Å². The molecule has 3 N–H and O–H groups in total. The molecule has 0 aliphatic carbocycles. The highest BCUT2D eigenvalue weighted by Gasteiger charge is 2.10. The molecule has 0 heterocycles. The zero-order valence-electron chi connectivity index (χ0n) is 10.3. The van der Waals surface area contributed by atoms with Gasteiger partial charge in [-0.1, -0.05) is 6.92 Å². The van der Waals surface area contributed by atoms with Gasteiger partial charge in [-0.15, -0.1) is 0 Å². The molecule has 0 spiro atoms. The van der Waals surface area contributed by atoms with Gasteiger partial charge in [0.25, 0.3) is 0 Å². The Bertz CT molecular complexity index is 513. The van der Waals surface area contributed by atoms with Crippen LogP contribution in [0.1, 0.15) is 12.5 Å². The first-order chi connectivity index (χ1) is 8.88. The minimum Gasteiger partial charge on any atom is -0.493 e. The molecule has 5 nitrogen and oxygen atoms in total. The number of hydrogen-bond donors (Lipinski definition) is 2. The number of amides is 1. The summed E-state index contributed by atoms with van der Waals surface area (Å²) < 4.78 is 18.5. The van der Waals surface area contributed by atoms with Crippen molar-refractivity contribution in [1.29, 1.82) is 0 Å². The Morgan fingerprint density at radius 3 is 2.74 bits per heavy atom. The van der Waals surface area contributed by atoms with Gasteiger partial charge in [0.05, 0.1) is 12.5 Å². The topological polar surface area (TPSA) is 89.6 Å². The Labute approximate surface area is 109 Å². The molecule has 0 saturated heterocycles. The Morgan fingerprint density at radius 2 is 2.16 bits per heavy atom. The van der Waals surface area contributed by atoms with E-state index in [-0.39, 0.29) is 12.4 Å². The monoisotopic (exact) mass is 267 g/mol. The number of carboxylic acids is 1. The van der Waals surface area contributed by atoms with Crippen LogP contribution in [0.15, 0.2) is 24.3 Å². The first kappa shape index (κ1) is 14.7. The van der Waals surface area contributed by atoms with Gasteiger partial charge < -0.3 is 15.6 Å². The van der Waals surface area contributed by atoms with Gasteiger partial charge >= 0.3 is 5.97 Å². The van der Waals surface area contributed by atoms with E-state index in [9.17, 15) is 14.0 Å². The highest BCUT2D eigenvalue weighted by molar-refractivity contribution is 5.85. The molecule has 0 saturated carbocycles. The predicted molar refractivity (Wildman–Crippen MR) is 66.9 cm³/mol. The summed E-state index contributed by atoms with van der Waals surface area (Å²) in [6.45, 7) is 1.62. The second kappa shape index (κ2) is 6.53. The third-order valence-electron chi connectivity index (χ3n) is 2.30. The fourth-order valence-electron chi connectivity index (χ4n) is 1.23. The maximum absolute atomic E-state index is 13.3. The molecule has 6 heteroatoms. The summed E-state index contributed by atoms with van der Waals surface area (Å²) in [5, 5.41) is 8.49. The third-order valence-corrected chi connectivity index (χ3v) is 2.30. The van der Waals surface area contributed by atoms with E-state index in [0.29, 0.717) is 5.56 Å². The van der Waals surface area contributed by atoms with Crippen molar-refractivity contribution in [2.24, 2.45) is 11.7 Å². The number of aliphatic carboxylic acids is 1.